The highest BCUT2D eigenvalue weighted by molar-refractivity contribution is 6.09. The van der Waals surface area contributed by atoms with Gasteiger partial charge in [0.05, 0.1) is 33.1 Å². The van der Waals surface area contributed by atoms with Gasteiger partial charge in [0.2, 0.25) is 0 Å². The lowest BCUT2D eigenvalue weighted by Crippen LogP contribution is -2.22. The Labute approximate surface area is 327 Å². The van der Waals surface area contributed by atoms with Gasteiger partial charge >= 0.3 is 0 Å². The smallest absolute Gasteiger partial charge is 0.151 e. The van der Waals surface area contributed by atoms with Gasteiger partial charge in [-0.15, -0.1) is 0 Å². The van der Waals surface area contributed by atoms with Gasteiger partial charge in [0.25, 0.3) is 0 Å². The molecule has 3 aromatic heterocycles. The number of nitrogens with one attached hydrogen (secondary N) is 2. The topological polar surface area (TPSA) is 132 Å². The lowest BCUT2D eigenvalue weighted by Gasteiger charge is -2.13. The first-order valence-corrected chi connectivity index (χ1v) is 19.3. The largest absolute Gasteiger partial charge is 0.330 e. The number of carbonyl (C=O) groups is 1. The third kappa shape index (κ3) is 8.70. The van der Waals surface area contributed by atoms with E-state index < -0.39 is 0 Å². The molecule has 0 spiro atoms. The average Bonchev–Trinajstić information content (AvgIpc) is 3.25. The molecular formula is C48H47N7O. The molecule has 0 amide bonds. The Morgan fingerprint density at radius 3 is 0.982 bits per heavy atom. The van der Waals surface area contributed by atoms with E-state index in [1.165, 1.54) is 32.7 Å². The van der Waals surface area contributed by atoms with Crippen LogP contribution in [-0.4, -0.2) is 47.4 Å². The Morgan fingerprint density at radius 1 is 0.411 bits per heavy atom. The molecule has 280 valence electrons. The number of aldehydes is 1. The molecule has 0 saturated heterocycles. The van der Waals surface area contributed by atoms with Crippen LogP contribution < -0.4 is 22.1 Å². The highest BCUT2D eigenvalue weighted by Crippen LogP contribution is 2.28. The van der Waals surface area contributed by atoms with E-state index in [2.05, 4.69) is 113 Å². The minimum atomic E-state index is 0.719. The lowest BCUT2D eigenvalue weighted by atomic mass is 10.0. The number of hydrogen-bond acceptors (Lipinski definition) is 8. The first-order valence-electron chi connectivity index (χ1n) is 19.3. The van der Waals surface area contributed by atoms with E-state index in [1.54, 1.807) is 0 Å². The van der Waals surface area contributed by atoms with Crippen molar-refractivity contribution >= 4 is 71.7 Å². The highest BCUT2D eigenvalue weighted by atomic mass is 16.1. The minimum Gasteiger partial charge on any atom is -0.330 e. The van der Waals surface area contributed by atoms with E-state index in [-0.39, 0.29) is 0 Å². The van der Waals surface area contributed by atoms with Crippen LogP contribution >= 0.6 is 0 Å². The number of aromatic nitrogens is 3. The number of para-hydroxylation sites is 6. The maximum absolute atomic E-state index is 11.2. The van der Waals surface area contributed by atoms with E-state index in [4.69, 9.17) is 21.4 Å². The van der Waals surface area contributed by atoms with Crippen molar-refractivity contribution in [2.45, 2.75) is 25.9 Å². The maximum atomic E-state index is 11.2. The molecule has 8 nitrogen and oxygen atoms in total. The zero-order valence-corrected chi connectivity index (χ0v) is 31.5. The number of hydrogen-bond donors (Lipinski definition) is 4. The summed E-state index contributed by atoms with van der Waals surface area (Å²) < 4.78 is 0. The quantitative estimate of drug-likeness (QED) is 0.0588. The fourth-order valence-electron chi connectivity index (χ4n) is 7.12. The van der Waals surface area contributed by atoms with Crippen LogP contribution in [0.15, 0.2) is 146 Å². The molecule has 8 heteroatoms. The molecular weight excluding hydrogens is 691 g/mol. The van der Waals surface area contributed by atoms with Crippen LogP contribution in [0.2, 0.25) is 0 Å². The second-order valence-electron chi connectivity index (χ2n) is 13.6. The van der Waals surface area contributed by atoms with Crippen molar-refractivity contribution in [3.8, 4) is 0 Å². The summed E-state index contributed by atoms with van der Waals surface area (Å²) in [6.45, 7) is 5.02. The standard InChI is InChI=1S/C31H28N4.C14H9NO.C3H10N2/c1-5-14-28-22(10-1)26(23-11-2-6-15-29(23)34-28)20-32-18-9-19-33-21-27-24-12-3-7-16-30(24)35-31-17-8-4-13-25(27)31;16-9-12-10-5-1-3-7-13(10)15-14-8-4-2-6-11(12)14;4-2-1-3-5/h1-8,10-17,32-33H,9,18-21H2;1-9H;1-5H2. The molecule has 0 aliphatic carbocycles. The molecule has 0 radical (unpaired) electrons. The van der Waals surface area contributed by atoms with Gasteiger partial charge in [0.15, 0.2) is 6.29 Å². The van der Waals surface area contributed by atoms with Gasteiger partial charge in [-0.1, -0.05) is 109 Å². The molecule has 56 heavy (non-hydrogen) atoms. The lowest BCUT2D eigenvalue weighted by molar-refractivity contribution is 0.112. The third-order valence-corrected chi connectivity index (χ3v) is 9.86. The van der Waals surface area contributed by atoms with Gasteiger partial charge in [-0.2, -0.15) is 0 Å². The van der Waals surface area contributed by atoms with Crippen molar-refractivity contribution in [1.82, 2.24) is 25.6 Å². The average molecular weight is 738 g/mol. The number of pyridine rings is 3. The Kier molecular flexibility index (Phi) is 12.9. The van der Waals surface area contributed by atoms with Crippen molar-refractivity contribution in [3.63, 3.8) is 0 Å². The minimum absolute atomic E-state index is 0.719. The predicted octanol–water partition coefficient (Wildman–Crippen LogP) is 8.85. The van der Waals surface area contributed by atoms with Crippen molar-refractivity contribution in [3.05, 3.63) is 162 Å². The van der Waals surface area contributed by atoms with E-state index in [9.17, 15) is 4.79 Å². The van der Waals surface area contributed by atoms with Crippen molar-refractivity contribution < 1.29 is 4.79 Å². The van der Waals surface area contributed by atoms with Crippen LogP contribution in [0.4, 0.5) is 0 Å². The molecule has 6 N–H and O–H groups in total. The molecule has 0 unspecified atom stereocenters. The first kappa shape index (κ1) is 38.1. The monoisotopic (exact) mass is 737 g/mol. The Morgan fingerprint density at radius 2 is 0.696 bits per heavy atom. The summed E-state index contributed by atoms with van der Waals surface area (Å²) in [6.07, 6.45) is 2.91. The number of nitrogens with zero attached hydrogens (tertiary/aromatic N) is 3. The summed E-state index contributed by atoms with van der Waals surface area (Å²) in [4.78, 5) is 25.4. The second-order valence-corrected chi connectivity index (χ2v) is 13.6. The van der Waals surface area contributed by atoms with Crippen LogP contribution in [-0.2, 0) is 13.1 Å². The van der Waals surface area contributed by atoms with Gasteiger partial charge in [0.1, 0.15) is 0 Å². The number of benzene rings is 6. The second kappa shape index (κ2) is 18.9. The van der Waals surface area contributed by atoms with Gasteiger partial charge in [-0.05, 0) is 86.5 Å². The molecule has 0 bridgehead atoms. The van der Waals surface area contributed by atoms with E-state index in [1.807, 2.05) is 48.5 Å². The molecule has 9 rings (SSSR count). The van der Waals surface area contributed by atoms with Crippen molar-refractivity contribution in [2.24, 2.45) is 11.5 Å². The molecule has 0 aliphatic rings. The van der Waals surface area contributed by atoms with Crippen molar-refractivity contribution in [1.29, 1.82) is 0 Å². The van der Waals surface area contributed by atoms with Gasteiger partial charge in [-0.25, -0.2) is 15.0 Å². The molecule has 9 aromatic rings. The van der Waals surface area contributed by atoms with Crippen LogP contribution in [0, 0.1) is 0 Å². The summed E-state index contributed by atoms with van der Waals surface area (Å²) in [5.74, 6) is 0. The number of nitrogens with two attached hydrogens (primary N) is 2. The summed E-state index contributed by atoms with van der Waals surface area (Å²) in [7, 11) is 0. The van der Waals surface area contributed by atoms with E-state index in [0.717, 1.165) is 108 Å². The van der Waals surface area contributed by atoms with E-state index >= 15 is 0 Å². The molecule has 0 aliphatic heterocycles. The van der Waals surface area contributed by atoms with Crippen LogP contribution in [0.25, 0.3) is 65.4 Å². The van der Waals surface area contributed by atoms with Crippen LogP contribution in [0.1, 0.15) is 34.3 Å². The first-order chi connectivity index (χ1) is 27.7. The molecule has 6 aromatic carbocycles. The Bertz CT molecular complexity index is 2440. The third-order valence-electron chi connectivity index (χ3n) is 9.86. The molecule has 3 heterocycles. The number of fused-ring (bicyclic) bond motifs is 6. The summed E-state index contributed by atoms with van der Waals surface area (Å²) in [5, 5.41) is 14.1. The Hall–Kier alpha value is -6.16. The SMILES string of the molecule is NCCCN.O=Cc1c2ccccc2nc2ccccc12.c1ccc2c(CNCCCNCc3c4ccccc4nc4ccccc34)c3ccccc3nc2c1. The van der Waals surface area contributed by atoms with Crippen molar-refractivity contribution in [2.75, 3.05) is 26.2 Å². The predicted molar refractivity (Wildman–Crippen MR) is 234 cm³/mol. The Balaban J connectivity index is 0.000000189. The zero-order valence-electron chi connectivity index (χ0n) is 31.5. The van der Waals surface area contributed by atoms with Gasteiger partial charge < -0.3 is 22.1 Å². The molecule has 0 fully saturated rings. The fraction of sp³-hybridized carbons (Fsp3) is 0.167. The van der Waals surface area contributed by atoms with E-state index in [0.29, 0.717) is 0 Å². The van der Waals surface area contributed by atoms with Gasteiger partial charge in [-0.3, -0.25) is 4.79 Å². The molecule has 0 atom stereocenters. The number of rotatable bonds is 11. The summed E-state index contributed by atoms with van der Waals surface area (Å²) in [6, 6.07) is 49.1. The summed E-state index contributed by atoms with van der Waals surface area (Å²) in [5.41, 5.74) is 19.5. The van der Waals surface area contributed by atoms with Gasteiger partial charge in [0, 0.05) is 51.0 Å². The fourth-order valence-corrected chi connectivity index (χ4v) is 7.12. The number of carbonyl (C=O) groups excluding carboxylic acids is 1. The summed E-state index contributed by atoms with van der Waals surface area (Å²) >= 11 is 0. The highest BCUT2D eigenvalue weighted by Gasteiger charge is 2.10. The van der Waals surface area contributed by atoms with Crippen LogP contribution in [0.5, 0.6) is 0 Å². The zero-order chi connectivity index (χ0) is 38.5. The maximum Gasteiger partial charge on any atom is 0.151 e. The normalized spacial score (nSPS) is 11.1. The van der Waals surface area contributed by atoms with Crippen LogP contribution in [0.3, 0.4) is 0 Å². The molecule has 0 saturated carbocycles.